The van der Waals surface area contributed by atoms with Crippen LogP contribution in [0.3, 0.4) is 0 Å². The SMILES string of the molecule is c1ccc(-c2cnc(Nc3ccc(N4CCNCC4)cc3)o2)cc1. The zero-order valence-electron chi connectivity index (χ0n) is 13.4. The summed E-state index contributed by atoms with van der Waals surface area (Å²) in [4.78, 5) is 6.69. The second-order valence-electron chi connectivity index (χ2n) is 5.80. The van der Waals surface area contributed by atoms with Crippen molar-refractivity contribution in [1.82, 2.24) is 10.3 Å². The first-order valence-electron chi connectivity index (χ1n) is 8.22. The fourth-order valence-electron chi connectivity index (χ4n) is 2.87. The Balaban J connectivity index is 1.45. The van der Waals surface area contributed by atoms with Crippen molar-refractivity contribution < 1.29 is 4.42 Å². The van der Waals surface area contributed by atoms with E-state index in [1.165, 1.54) is 5.69 Å². The first kappa shape index (κ1) is 14.8. The highest BCUT2D eigenvalue weighted by molar-refractivity contribution is 5.61. The molecule has 1 aromatic heterocycles. The molecule has 2 heterocycles. The van der Waals surface area contributed by atoms with Crippen molar-refractivity contribution in [2.75, 3.05) is 36.4 Å². The van der Waals surface area contributed by atoms with Crippen LogP contribution >= 0.6 is 0 Å². The van der Waals surface area contributed by atoms with E-state index in [9.17, 15) is 0 Å². The third-order valence-corrected chi connectivity index (χ3v) is 4.16. The smallest absolute Gasteiger partial charge is 0.299 e. The van der Waals surface area contributed by atoms with E-state index < -0.39 is 0 Å². The molecule has 4 rings (SSSR count). The van der Waals surface area contributed by atoms with Gasteiger partial charge in [0.05, 0.1) is 6.20 Å². The summed E-state index contributed by atoms with van der Waals surface area (Å²) in [5, 5.41) is 6.59. The van der Waals surface area contributed by atoms with E-state index in [1.54, 1.807) is 6.20 Å². The number of anilines is 3. The summed E-state index contributed by atoms with van der Waals surface area (Å²) in [7, 11) is 0. The average molecular weight is 320 g/mol. The van der Waals surface area contributed by atoms with Gasteiger partial charge in [-0.1, -0.05) is 30.3 Å². The summed E-state index contributed by atoms with van der Waals surface area (Å²) in [5.41, 5.74) is 3.24. The van der Waals surface area contributed by atoms with Gasteiger partial charge >= 0.3 is 0 Å². The third-order valence-electron chi connectivity index (χ3n) is 4.16. The summed E-state index contributed by atoms with van der Waals surface area (Å²) in [5.74, 6) is 0.760. The van der Waals surface area contributed by atoms with E-state index in [0.717, 1.165) is 43.2 Å². The van der Waals surface area contributed by atoms with Crippen LogP contribution in [0.2, 0.25) is 0 Å². The maximum Gasteiger partial charge on any atom is 0.299 e. The molecule has 0 bridgehead atoms. The Labute approximate surface area is 141 Å². The quantitative estimate of drug-likeness (QED) is 0.770. The van der Waals surface area contributed by atoms with Crippen LogP contribution in [0.1, 0.15) is 0 Å². The Morgan fingerprint density at radius 3 is 2.46 bits per heavy atom. The second kappa shape index (κ2) is 6.76. The molecule has 5 heteroatoms. The second-order valence-corrected chi connectivity index (χ2v) is 5.80. The lowest BCUT2D eigenvalue weighted by atomic mass is 10.2. The topological polar surface area (TPSA) is 53.3 Å². The molecule has 24 heavy (non-hydrogen) atoms. The van der Waals surface area contributed by atoms with Crippen molar-refractivity contribution >= 4 is 17.4 Å². The summed E-state index contributed by atoms with van der Waals surface area (Å²) >= 11 is 0. The number of rotatable bonds is 4. The molecule has 5 nitrogen and oxygen atoms in total. The number of hydrogen-bond acceptors (Lipinski definition) is 5. The summed E-state index contributed by atoms with van der Waals surface area (Å²) in [6.07, 6.45) is 1.74. The molecule has 1 aliphatic rings. The first-order chi connectivity index (χ1) is 11.9. The van der Waals surface area contributed by atoms with Crippen molar-refractivity contribution in [2.24, 2.45) is 0 Å². The predicted molar refractivity (Wildman–Crippen MR) is 96.7 cm³/mol. The number of nitrogens with one attached hydrogen (secondary N) is 2. The summed E-state index contributed by atoms with van der Waals surface area (Å²) in [6.45, 7) is 4.18. The molecule has 2 aromatic carbocycles. The van der Waals surface area contributed by atoms with Gasteiger partial charge in [-0.2, -0.15) is 0 Å². The normalized spacial score (nSPS) is 14.6. The van der Waals surface area contributed by atoms with Crippen LogP contribution in [0, 0.1) is 0 Å². The standard InChI is InChI=1S/C19H20N4O/c1-2-4-15(5-3-1)18-14-21-19(24-18)22-16-6-8-17(9-7-16)23-12-10-20-11-13-23/h1-9,14,20H,10-13H2,(H,21,22). The van der Waals surface area contributed by atoms with E-state index in [0.29, 0.717) is 6.01 Å². The van der Waals surface area contributed by atoms with Gasteiger partial charge < -0.3 is 20.0 Å². The Bertz CT molecular complexity index is 777. The highest BCUT2D eigenvalue weighted by Gasteiger charge is 2.10. The van der Waals surface area contributed by atoms with Crippen LogP contribution in [-0.2, 0) is 0 Å². The van der Waals surface area contributed by atoms with E-state index in [4.69, 9.17) is 4.42 Å². The molecule has 1 saturated heterocycles. The Morgan fingerprint density at radius 2 is 1.71 bits per heavy atom. The number of nitrogens with zero attached hydrogens (tertiary/aromatic N) is 2. The van der Waals surface area contributed by atoms with Gasteiger partial charge in [-0.25, -0.2) is 4.98 Å². The lowest BCUT2D eigenvalue weighted by molar-refractivity contribution is 0.589. The first-order valence-corrected chi connectivity index (χ1v) is 8.22. The van der Waals surface area contributed by atoms with Crippen molar-refractivity contribution in [2.45, 2.75) is 0 Å². The maximum absolute atomic E-state index is 5.78. The van der Waals surface area contributed by atoms with Gasteiger partial charge in [-0.3, -0.25) is 0 Å². The molecular weight excluding hydrogens is 300 g/mol. The van der Waals surface area contributed by atoms with Gasteiger partial charge in [-0.05, 0) is 24.3 Å². The zero-order chi connectivity index (χ0) is 16.2. The zero-order valence-corrected chi connectivity index (χ0v) is 13.4. The van der Waals surface area contributed by atoms with E-state index in [2.05, 4.69) is 44.8 Å². The number of hydrogen-bond donors (Lipinski definition) is 2. The predicted octanol–water partition coefficient (Wildman–Crippen LogP) is 3.49. The number of benzene rings is 2. The van der Waals surface area contributed by atoms with Gasteiger partial charge in [0.1, 0.15) is 0 Å². The van der Waals surface area contributed by atoms with Gasteiger partial charge in [0.2, 0.25) is 0 Å². The molecule has 0 amide bonds. The minimum Gasteiger partial charge on any atom is -0.423 e. The molecule has 0 spiro atoms. The lowest BCUT2D eigenvalue weighted by Gasteiger charge is -2.29. The minimum atomic E-state index is 0.503. The van der Waals surface area contributed by atoms with Crippen LogP contribution in [0.5, 0.6) is 0 Å². The number of aromatic nitrogens is 1. The van der Waals surface area contributed by atoms with Gasteiger partial charge in [0.25, 0.3) is 6.01 Å². The Hall–Kier alpha value is -2.79. The molecule has 1 fully saturated rings. The van der Waals surface area contributed by atoms with Gasteiger partial charge in [0.15, 0.2) is 5.76 Å². The molecular formula is C19H20N4O. The van der Waals surface area contributed by atoms with Crippen LogP contribution in [-0.4, -0.2) is 31.2 Å². The van der Waals surface area contributed by atoms with Crippen molar-refractivity contribution in [3.63, 3.8) is 0 Å². The molecule has 2 N–H and O–H groups in total. The van der Waals surface area contributed by atoms with Crippen LogP contribution in [0.4, 0.5) is 17.4 Å². The third kappa shape index (κ3) is 3.26. The van der Waals surface area contributed by atoms with E-state index in [1.807, 2.05) is 30.3 Å². The summed E-state index contributed by atoms with van der Waals surface area (Å²) in [6, 6.07) is 18.9. The van der Waals surface area contributed by atoms with Crippen molar-refractivity contribution in [3.05, 3.63) is 60.8 Å². The molecule has 0 radical (unpaired) electrons. The number of oxazole rings is 1. The monoisotopic (exact) mass is 320 g/mol. The van der Waals surface area contributed by atoms with Crippen molar-refractivity contribution in [3.8, 4) is 11.3 Å². The summed E-state index contributed by atoms with van der Waals surface area (Å²) < 4.78 is 5.78. The van der Waals surface area contributed by atoms with Crippen LogP contribution < -0.4 is 15.5 Å². The van der Waals surface area contributed by atoms with E-state index in [-0.39, 0.29) is 0 Å². The molecule has 0 saturated carbocycles. The Kier molecular flexibility index (Phi) is 4.16. The molecule has 3 aromatic rings. The minimum absolute atomic E-state index is 0.503. The highest BCUT2D eigenvalue weighted by atomic mass is 16.4. The Morgan fingerprint density at radius 1 is 0.958 bits per heavy atom. The van der Waals surface area contributed by atoms with Crippen LogP contribution in [0.15, 0.2) is 65.2 Å². The van der Waals surface area contributed by atoms with Gasteiger partial charge in [-0.15, -0.1) is 0 Å². The molecule has 0 aliphatic carbocycles. The van der Waals surface area contributed by atoms with Crippen LogP contribution in [0.25, 0.3) is 11.3 Å². The fourth-order valence-corrected chi connectivity index (χ4v) is 2.87. The fraction of sp³-hybridized carbons (Fsp3) is 0.211. The van der Waals surface area contributed by atoms with Gasteiger partial charge in [0, 0.05) is 43.1 Å². The van der Waals surface area contributed by atoms with E-state index >= 15 is 0 Å². The molecule has 0 atom stereocenters. The number of piperazine rings is 1. The molecule has 1 aliphatic heterocycles. The molecule has 122 valence electrons. The average Bonchev–Trinajstić information content (AvgIpc) is 3.12. The molecule has 0 unspecified atom stereocenters. The van der Waals surface area contributed by atoms with Crippen molar-refractivity contribution in [1.29, 1.82) is 0 Å². The lowest BCUT2D eigenvalue weighted by Crippen LogP contribution is -2.43. The highest BCUT2D eigenvalue weighted by Crippen LogP contribution is 2.25. The largest absolute Gasteiger partial charge is 0.423 e. The maximum atomic E-state index is 5.78.